The van der Waals surface area contributed by atoms with Gasteiger partial charge < -0.3 is 4.90 Å². The lowest BCUT2D eigenvalue weighted by Crippen LogP contribution is -2.40. The summed E-state index contributed by atoms with van der Waals surface area (Å²) in [7, 11) is 0. The molecule has 134 valence electrons. The van der Waals surface area contributed by atoms with Crippen LogP contribution in [-0.2, 0) is 17.6 Å². The van der Waals surface area contributed by atoms with E-state index in [1.165, 1.54) is 28.7 Å². The number of likely N-dealkylation sites (tertiary alicyclic amines) is 1. The average Bonchev–Trinajstić information content (AvgIpc) is 2.97. The molecule has 4 nitrogen and oxygen atoms in total. The predicted molar refractivity (Wildman–Crippen MR) is 104 cm³/mol. The van der Waals surface area contributed by atoms with Gasteiger partial charge in [0.1, 0.15) is 16.2 Å². The second-order valence-corrected chi connectivity index (χ2v) is 9.63. The van der Waals surface area contributed by atoms with E-state index in [4.69, 9.17) is 0 Å². The second kappa shape index (κ2) is 7.23. The van der Waals surface area contributed by atoms with E-state index in [0.29, 0.717) is 11.7 Å². The van der Waals surface area contributed by atoms with Crippen molar-refractivity contribution in [2.24, 2.45) is 11.8 Å². The summed E-state index contributed by atoms with van der Waals surface area (Å²) in [6, 6.07) is 0. The molecular weight excluding hydrogens is 350 g/mol. The van der Waals surface area contributed by atoms with E-state index in [-0.39, 0.29) is 5.91 Å². The van der Waals surface area contributed by atoms with Gasteiger partial charge in [0.25, 0.3) is 0 Å². The highest BCUT2D eigenvalue weighted by molar-refractivity contribution is 8.00. The second-order valence-electron chi connectivity index (χ2n) is 7.59. The fraction of sp³-hybridized carbons (Fsp3) is 0.632. The van der Waals surface area contributed by atoms with E-state index in [1.807, 2.05) is 16.2 Å². The van der Waals surface area contributed by atoms with Crippen molar-refractivity contribution in [3.8, 4) is 0 Å². The number of nitrogens with zero attached hydrogens (tertiary/aromatic N) is 3. The SMILES string of the molecule is C[C@@H]1CCc2c(sc3ncnc(SCC(=O)N4CCC[C@H](C)C4)c23)C1. The number of hydrogen-bond acceptors (Lipinski definition) is 5. The van der Waals surface area contributed by atoms with Gasteiger partial charge in [-0.1, -0.05) is 25.6 Å². The minimum atomic E-state index is 0.251. The number of fused-ring (bicyclic) bond motifs is 3. The van der Waals surface area contributed by atoms with E-state index >= 15 is 0 Å². The summed E-state index contributed by atoms with van der Waals surface area (Å²) in [5.74, 6) is 2.12. The summed E-state index contributed by atoms with van der Waals surface area (Å²) in [5.41, 5.74) is 1.44. The monoisotopic (exact) mass is 375 g/mol. The Morgan fingerprint density at radius 3 is 3.04 bits per heavy atom. The van der Waals surface area contributed by atoms with Crippen molar-refractivity contribution >= 4 is 39.2 Å². The number of hydrogen-bond donors (Lipinski definition) is 0. The Balaban J connectivity index is 1.53. The third-order valence-corrected chi connectivity index (χ3v) is 7.54. The first-order valence-corrected chi connectivity index (χ1v) is 11.1. The molecule has 2 aromatic rings. The summed E-state index contributed by atoms with van der Waals surface area (Å²) in [6.07, 6.45) is 7.54. The minimum Gasteiger partial charge on any atom is -0.342 e. The summed E-state index contributed by atoms with van der Waals surface area (Å²) in [4.78, 5) is 26.2. The molecule has 0 spiro atoms. The maximum Gasteiger partial charge on any atom is 0.232 e. The van der Waals surface area contributed by atoms with Crippen LogP contribution in [0, 0.1) is 11.8 Å². The van der Waals surface area contributed by atoms with E-state index in [1.54, 1.807) is 18.1 Å². The van der Waals surface area contributed by atoms with Crippen molar-refractivity contribution < 1.29 is 4.79 Å². The topological polar surface area (TPSA) is 46.1 Å². The van der Waals surface area contributed by atoms with Gasteiger partial charge in [0, 0.05) is 23.4 Å². The molecule has 4 rings (SSSR count). The maximum atomic E-state index is 12.6. The zero-order chi connectivity index (χ0) is 17.4. The molecule has 0 aromatic carbocycles. The van der Waals surface area contributed by atoms with E-state index in [2.05, 4.69) is 23.8 Å². The summed E-state index contributed by atoms with van der Waals surface area (Å²) >= 11 is 3.42. The molecule has 1 amide bonds. The van der Waals surface area contributed by atoms with Crippen LogP contribution in [-0.4, -0.2) is 39.6 Å². The Morgan fingerprint density at radius 1 is 1.32 bits per heavy atom. The maximum absolute atomic E-state index is 12.6. The number of thiophene rings is 1. The number of carbonyl (C=O) groups excluding carboxylic acids is 1. The molecule has 1 fully saturated rings. The van der Waals surface area contributed by atoms with Crippen LogP contribution in [0.15, 0.2) is 11.4 Å². The third kappa shape index (κ3) is 3.56. The van der Waals surface area contributed by atoms with E-state index in [0.717, 1.165) is 48.1 Å². The zero-order valence-corrected chi connectivity index (χ0v) is 16.6. The van der Waals surface area contributed by atoms with Gasteiger partial charge in [0.05, 0.1) is 5.75 Å². The number of rotatable bonds is 3. The van der Waals surface area contributed by atoms with E-state index in [9.17, 15) is 4.79 Å². The van der Waals surface area contributed by atoms with Gasteiger partial charge in [-0.2, -0.15) is 0 Å². The Labute approximate surface area is 157 Å². The Hall–Kier alpha value is -1.14. The molecule has 2 aliphatic rings. The van der Waals surface area contributed by atoms with Gasteiger partial charge in [-0.3, -0.25) is 4.79 Å². The summed E-state index contributed by atoms with van der Waals surface area (Å²) < 4.78 is 0. The van der Waals surface area contributed by atoms with Gasteiger partial charge >= 0.3 is 0 Å². The highest BCUT2D eigenvalue weighted by atomic mass is 32.2. The van der Waals surface area contributed by atoms with Crippen molar-refractivity contribution in [3.63, 3.8) is 0 Å². The van der Waals surface area contributed by atoms with Crippen LogP contribution in [0.2, 0.25) is 0 Å². The number of thioether (sulfide) groups is 1. The largest absolute Gasteiger partial charge is 0.342 e. The van der Waals surface area contributed by atoms with Gasteiger partial charge in [0.15, 0.2) is 0 Å². The molecule has 0 bridgehead atoms. The van der Waals surface area contributed by atoms with Crippen LogP contribution < -0.4 is 0 Å². The first kappa shape index (κ1) is 17.3. The van der Waals surface area contributed by atoms with Crippen LogP contribution in [0.25, 0.3) is 10.2 Å². The number of piperidine rings is 1. The van der Waals surface area contributed by atoms with Gasteiger partial charge in [0.2, 0.25) is 5.91 Å². The Morgan fingerprint density at radius 2 is 2.20 bits per heavy atom. The van der Waals surface area contributed by atoms with Crippen LogP contribution in [0.4, 0.5) is 0 Å². The molecule has 1 saturated heterocycles. The molecule has 1 aliphatic heterocycles. The van der Waals surface area contributed by atoms with Crippen molar-refractivity contribution in [3.05, 3.63) is 16.8 Å². The minimum absolute atomic E-state index is 0.251. The Bertz CT molecular complexity index is 788. The number of aryl methyl sites for hydroxylation is 1. The number of carbonyl (C=O) groups is 1. The van der Waals surface area contributed by atoms with Crippen molar-refractivity contribution in [1.29, 1.82) is 0 Å². The predicted octanol–water partition coefficient (Wildman–Crippen LogP) is 4.17. The summed E-state index contributed by atoms with van der Waals surface area (Å²) in [5, 5.41) is 2.22. The fourth-order valence-corrected chi connectivity index (χ4v) is 6.34. The molecule has 6 heteroatoms. The smallest absolute Gasteiger partial charge is 0.232 e. The lowest BCUT2D eigenvalue weighted by Gasteiger charge is -2.30. The molecular formula is C19H25N3OS2. The number of amides is 1. The zero-order valence-electron chi connectivity index (χ0n) is 15.0. The number of aromatic nitrogens is 2. The highest BCUT2D eigenvalue weighted by Gasteiger charge is 2.25. The lowest BCUT2D eigenvalue weighted by atomic mass is 9.89. The molecule has 0 unspecified atom stereocenters. The molecule has 0 saturated carbocycles. The van der Waals surface area contributed by atoms with E-state index < -0.39 is 0 Å². The normalized spacial score (nSPS) is 23.7. The van der Waals surface area contributed by atoms with Crippen molar-refractivity contribution in [2.45, 2.75) is 51.0 Å². The van der Waals surface area contributed by atoms with Gasteiger partial charge in [-0.05, 0) is 49.5 Å². The first-order valence-electron chi connectivity index (χ1n) is 9.27. The fourth-order valence-electron chi connectivity index (χ4n) is 3.99. The van der Waals surface area contributed by atoms with Crippen LogP contribution in [0.5, 0.6) is 0 Å². The highest BCUT2D eigenvalue weighted by Crippen LogP contribution is 2.40. The van der Waals surface area contributed by atoms with Crippen LogP contribution >= 0.6 is 23.1 Å². The van der Waals surface area contributed by atoms with Crippen molar-refractivity contribution in [1.82, 2.24) is 14.9 Å². The molecule has 0 N–H and O–H groups in total. The van der Waals surface area contributed by atoms with Gasteiger partial charge in [-0.25, -0.2) is 9.97 Å². The average molecular weight is 376 g/mol. The van der Waals surface area contributed by atoms with Crippen LogP contribution in [0.1, 0.15) is 43.6 Å². The standard InChI is InChI=1S/C19H25N3OS2/c1-12-5-6-14-15(8-12)25-19-17(14)18(20-11-21-19)24-10-16(23)22-7-3-4-13(2)9-22/h11-13H,3-10H2,1-2H3/t12-,13+/m1/s1. The van der Waals surface area contributed by atoms with Crippen molar-refractivity contribution in [2.75, 3.05) is 18.8 Å². The molecule has 0 radical (unpaired) electrons. The van der Waals surface area contributed by atoms with Gasteiger partial charge in [-0.15, -0.1) is 11.3 Å². The third-order valence-electron chi connectivity index (χ3n) is 5.40. The molecule has 1 aliphatic carbocycles. The molecule has 2 aromatic heterocycles. The quantitative estimate of drug-likeness (QED) is 0.597. The van der Waals surface area contributed by atoms with Crippen LogP contribution in [0.3, 0.4) is 0 Å². The molecule has 2 atom stereocenters. The molecule has 3 heterocycles. The molecule has 25 heavy (non-hydrogen) atoms. The summed E-state index contributed by atoms with van der Waals surface area (Å²) in [6.45, 7) is 6.38. The first-order chi connectivity index (χ1) is 12.1. The lowest BCUT2D eigenvalue weighted by molar-refractivity contribution is -0.130. The Kier molecular flexibility index (Phi) is 5.00.